The number of nitrogens with one attached hydrogen (secondary N) is 1. The number of nitrogens with zero attached hydrogens (tertiary/aromatic N) is 2. The number of para-hydroxylation sites is 2. The van der Waals surface area contributed by atoms with Gasteiger partial charge >= 0.3 is 0 Å². The van der Waals surface area contributed by atoms with Crippen molar-refractivity contribution in [2.24, 2.45) is 0 Å². The van der Waals surface area contributed by atoms with Crippen LogP contribution in [0.5, 0.6) is 17.2 Å². The van der Waals surface area contributed by atoms with Crippen molar-refractivity contribution in [1.82, 2.24) is 9.80 Å². The molecule has 1 fully saturated rings. The third kappa shape index (κ3) is 5.48. The highest BCUT2D eigenvalue weighted by Gasteiger charge is 2.26. The van der Waals surface area contributed by atoms with Gasteiger partial charge in [0.1, 0.15) is 5.75 Å². The van der Waals surface area contributed by atoms with E-state index in [1.807, 2.05) is 37.3 Å². The average Bonchev–Trinajstić information content (AvgIpc) is 2.80. The molecule has 1 amide bonds. The van der Waals surface area contributed by atoms with Gasteiger partial charge in [0, 0.05) is 32.7 Å². The minimum atomic E-state index is -0.213. The molecule has 0 aromatic heterocycles. The van der Waals surface area contributed by atoms with Gasteiger partial charge in [-0.15, -0.1) is 0 Å². The van der Waals surface area contributed by atoms with Crippen LogP contribution >= 0.6 is 0 Å². The number of hydrogen-bond donors (Lipinski definition) is 1. The summed E-state index contributed by atoms with van der Waals surface area (Å²) < 4.78 is 16.2. The molecule has 1 heterocycles. The van der Waals surface area contributed by atoms with Gasteiger partial charge < -0.3 is 19.5 Å². The van der Waals surface area contributed by atoms with Crippen molar-refractivity contribution in [2.75, 3.05) is 52.8 Å². The number of anilines is 1. The van der Waals surface area contributed by atoms with E-state index in [1.165, 1.54) is 11.1 Å². The summed E-state index contributed by atoms with van der Waals surface area (Å²) >= 11 is 0. The van der Waals surface area contributed by atoms with Gasteiger partial charge in [0.15, 0.2) is 11.5 Å². The maximum atomic E-state index is 12.8. The Morgan fingerprint density at radius 3 is 2.23 bits per heavy atom. The normalized spacial score (nSPS) is 15.9. The highest BCUT2D eigenvalue weighted by atomic mass is 16.5. The number of piperazine rings is 1. The number of aryl methyl sites for hydroxylation is 1. The van der Waals surface area contributed by atoms with Crippen LogP contribution in [0.3, 0.4) is 0 Å². The second kappa shape index (κ2) is 10.5. The Morgan fingerprint density at radius 2 is 1.58 bits per heavy atom. The van der Waals surface area contributed by atoms with E-state index in [-0.39, 0.29) is 11.9 Å². The van der Waals surface area contributed by atoms with Crippen molar-refractivity contribution in [3.8, 4) is 17.2 Å². The summed E-state index contributed by atoms with van der Waals surface area (Å²) in [6, 6.07) is 11.3. The summed E-state index contributed by atoms with van der Waals surface area (Å²) in [5.41, 5.74) is 3.11. The van der Waals surface area contributed by atoms with Gasteiger partial charge in [-0.1, -0.05) is 12.1 Å². The van der Waals surface area contributed by atoms with E-state index in [0.29, 0.717) is 11.4 Å². The first-order chi connectivity index (χ1) is 15.0. The number of ether oxygens (including phenoxy) is 3. The van der Waals surface area contributed by atoms with Gasteiger partial charge in [0.2, 0.25) is 5.91 Å². The third-order valence-corrected chi connectivity index (χ3v) is 5.93. The smallest absolute Gasteiger partial charge is 0.241 e. The molecule has 2 aromatic rings. The summed E-state index contributed by atoms with van der Waals surface area (Å²) in [5.74, 6) is 2.15. The van der Waals surface area contributed by atoms with Crippen LogP contribution in [0.25, 0.3) is 0 Å². The molecule has 1 saturated heterocycles. The Kier molecular flexibility index (Phi) is 7.76. The first-order valence-electron chi connectivity index (χ1n) is 10.6. The zero-order valence-corrected chi connectivity index (χ0v) is 19.1. The van der Waals surface area contributed by atoms with Gasteiger partial charge in [0.25, 0.3) is 0 Å². The van der Waals surface area contributed by atoms with E-state index in [9.17, 15) is 4.79 Å². The Morgan fingerprint density at radius 1 is 0.968 bits per heavy atom. The monoisotopic (exact) mass is 427 g/mol. The minimum absolute atomic E-state index is 0.0197. The molecule has 0 saturated carbocycles. The highest BCUT2D eigenvalue weighted by Crippen LogP contribution is 2.31. The number of hydrogen-bond acceptors (Lipinski definition) is 6. The number of carbonyl (C=O) groups excluding carboxylic acids is 1. The molecule has 7 nitrogen and oxygen atoms in total. The fourth-order valence-electron chi connectivity index (χ4n) is 3.89. The van der Waals surface area contributed by atoms with Crippen LogP contribution in [0.4, 0.5) is 5.69 Å². The molecule has 31 heavy (non-hydrogen) atoms. The standard InChI is InChI=1S/C24H33N3O4/c1-17-14-22(30-4)23(31-5)15-19(17)16-26-10-12-27(13-11-26)18(2)24(28)25-20-8-6-7-9-21(20)29-3/h6-9,14-15,18H,10-13,16H2,1-5H3,(H,25,28)/t18-/m1/s1. The molecule has 1 aliphatic heterocycles. The molecule has 0 aliphatic carbocycles. The first-order valence-corrected chi connectivity index (χ1v) is 10.6. The van der Waals surface area contributed by atoms with E-state index in [4.69, 9.17) is 14.2 Å². The van der Waals surface area contributed by atoms with E-state index in [0.717, 1.165) is 44.2 Å². The molecule has 0 spiro atoms. The van der Waals surface area contributed by atoms with Crippen LogP contribution in [0.1, 0.15) is 18.1 Å². The molecule has 3 rings (SSSR count). The number of benzene rings is 2. The lowest BCUT2D eigenvalue weighted by molar-refractivity contribution is -0.121. The van der Waals surface area contributed by atoms with Gasteiger partial charge in [-0.2, -0.15) is 0 Å². The SMILES string of the molecule is COc1ccccc1NC(=O)[C@@H](C)N1CCN(Cc2cc(OC)c(OC)cc2C)CC1. The van der Waals surface area contributed by atoms with Crippen LogP contribution in [0.15, 0.2) is 36.4 Å². The maximum Gasteiger partial charge on any atom is 0.241 e. The van der Waals surface area contributed by atoms with E-state index in [2.05, 4.69) is 28.1 Å². The lowest BCUT2D eigenvalue weighted by Gasteiger charge is -2.37. The average molecular weight is 428 g/mol. The Hall–Kier alpha value is -2.77. The van der Waals surface area contributed by atoms with Gasteiger partial charge in [0.05, 0.1) is 33.1 Å². The molecule has 1 aliphatic rings. The van der Waals surface area contributed by atoms with Gasteiger partial charge in [-0.25, -0.2) is 0 Å². The molecule has 1 N–H and O–H groups in total. The number of methoxy groups -OCH3 is 3. The predicted molar refractivity (Wildman–Crippen MR) is 122 cm³/mol. The quantitative estimate of drug-likeness (QED) is 0.698. The van der Waals surface area contributed by atoms with Crippen LogP contribution in [-0.2, 0) is 11.3 Å². The molecule has 2 aromatic carbocycles. The number of rotatable bonds is 8. The predicted octanol–water partition coefficient (Wildman–Crippen LogP) is 3.17. The first kappa shape index (κ1) is 22.9. The van der Waals surface area contributed by atoms with Gasteiger partial charge in [-0.05, 0) is 49.2 Å². The van der Waals surface area contributed by atoms with E-state index >= 15 is 0 Å². The van der Waals surface area contributed by atoms with E-state index in [1.54, 1.807) is 21.3 Å². The van der Waals surface area contributed by atoms with E-state index < -0.39 is 0 Å². The highest BCUT2D eigenvalue weighted by molar-refractivity contribution is 5.95. The molecular weight excluding hydrogens is 394 g/mol. The van der Waals surface area contributed by atoms with Crippen LogP contribution in [0, 0.1) is 6.92 Å². The largest absolute Gasteiger partial charge is 0.495 e. The topological polar surface area (TPSA) is 63.3 Å². The Labute approximate surface area is 184 Å². The molecule has 0 radical (unpaired) electrons. The summed E-state index contributed by atoms with van der Waals surface area (Å²) in [4.78, 5) is 17.4. The van der Waals surface area contributed by atoms with Crippen molar-refractivity contribution < 1.29 is 19.0 Å². The molecule has 0 bridgehead atoms. The second-order valence-corrected chi connectivity index (χ2v) is 7.81. The lowest BCUT2D eigenvalue weighted by atomic mass is 10.1. The lowest BCUT2D eigenvalue weighted by Crippen LogP contribution is -2.52. The fraction of sp³-hybridized carbons (Fsp3) is 0.458. The summed E-state index contributed by atoms with van der Waals surface area (Å²) in [6.07, 6.45) is 0. The Bertz CT molecular complexity index is 894. The van der Waals surface area contributed by atoms with Crippen molar-refractivity contribution in [2.45, 2.75) is 26.4 Å². The van der Waals surface area contributed by atoms with Crippen LogP contribution < -0.4 is 19.5 Å². The zero-order chi connectivity index (χ0) is 22.4. The van der Waals surface area contributed by atoms with Crippen molar-refractivity contribution >= 4 is 11.6 Å². The van der Waals surface area contributed by atoms with Crippen molar-refractivity contribution in [3.05, 3.63) is 47.5 Å². The fourth-order valence-corrected chi connectivity index (χ4v) is 3.89. The second-order valence-electron chi connectivity index (χ2n) is 7.81. The number of amides is 1. The van der Waals surface area contributed by atoms with Crippen LogP contribution in [0.2, 0.25) is 0 Å². The van der Waals surface area contributed by atoms with Crippen molar-refractivity contribution in [1.29, 1.82) is 0 Å². The third-order valence-electron chi connectivity index (χ3n) is 5.93. The molecule has 1 atom stereocenters. The van der Waals surface area contributed by atoms with Gasteiger partial charge in [-0.3, -0.25) is 14.6 Å². The number of carbonyl (C=O) groups is 1. The zero-order valence-electron chi connectivity index (χ0n) is 19.1. The molecule has 168 valence electrons. The molecule has 0 unspecified atom stereocenters. The summed E-state index contributed by atoms with van der Waals surface area (Å²) in [6.45, 7) is 8.39. The van der Waals surface area contributed by atoms with Crippen molar-refractivity contribution in [3.63, 3.8) is 0 Å². The minimum Gasteiger partial charge on any atom is -0.495 e. The molecule has 7 heteroatoms. The summed E-state index contributed by atoms with van der Waals surface area (Å²) in [5, 5.41) is 3.00. The van der Waals surface area contributed by atoms with Crippen LogP contribution in [-0.4, -0.2) is 69.3 Å². The Balaban J connectivity index is 1.56. The summed E-state index contributed by atoms with van der Waals surface area (Å²) in [7, 11) is 4.92. The molecular formula is C24H33N3O4. The maximum absolute atomic E-state index is 12.8.